The van der Waals surface area contributed by atoms with Crippen molar-refractivity contribution in [3.8, 4) is 0 Å². The summed E-state index contributed by atoms with van der Waals surface area (Å²) in [7, 11) is 0. The van der Waals surface area contributed by atoms with E-state index in [2.05, 4.69) is 10.6 Å². The Morgan fingerprint density at radius 1 is 0.920 bits per heavy atom. The third-order valence-electron chi connectivity index (χ3n) is 3.39. The number of hydrogen-bond donors (Lipinski definition) is 3. The molecular weight excluding hydrogens is 327 g/mol. The Kier molecular flexibility index (Phi) is 6.22. The monoisotopic (exact) mass is 344 g/mol. The van der Waals surface area contributed by atoms with E-state index in [0.717, 1.165) is 0 Å². The molecule has 2 aromatic rings. The lowest BCUT2D eigenvalue weighted by Gasteiger charge is -2.09. The van der Waals surface area contributed by atoms with Crippen LogP contribution in [0.5, 0.6) is 0 Å². The molecule has 7 heteroatoms. The van der Waals surface area contributed by atoms with Crippen molar-refractivity contribution in [2.24, 2.45) is 0 Å². The number of aromatic carboxylic acids is 1. The third-order valence-corrected chi connectivity index (χ3v) is 3.39. The first-order valence-corrected chi connectivity index (χ1v) is 7.59. The molecule has 0 spiro atoms. The van der Waals surface area contributed by atoms with Crippen molar-refractivity contribution in [1.82, 2.24) is 10.6 Å². The van der Waals surface area contributed by atoms with Gasteiger partial charge in [0.2, 0.25) is 5.91 Å². The number of carboxylic acid groups (broad SMARTS) is 1. The van der Waals surface area contributed by atoms with Crippen LogP contribution in [0.25, 0.3) is 0 Å². The molecule has 6 nitrogen and oxygen atoms in total. The molecule has 3 N–H and O–H groups in total. The maximum absolute atomic E-state index is 13.0. The van der Waals surface area contributed by atoms with Crippen LogP contribution in [0.2, 0.25) is 0 Å². The van der Waals surface area contributed by atoms with Crippen molar-refractivity contribution in [3.63, 3.8) is 0 Å². The molecule has 0 saturated carbocycles. The number of benzene rings is 2. The van der Waals surface area contributed by atoms with Crippen LogP contribution in [0.3, 0.4) is 0 Å². The SMILES string of the molecule is O=C(Cc1cccc(F)c1)NCCNC(=O)c1ccccc1C(=O)O. The highest BCUT2D eigenvalue weighted by Crippen LogP contribution is 2.08. The second-order valence-corrected chi connectivity index (χ2v) is 5.26. The molecule has 2 aromatic carbocycles. The van der Waals surface area contributed by atoms with Gasteiger partial charge in [-0.1, -0.05) is 24.3 Å². The molecule has 0 saturated heterocycles. The van der Waals surface area contributed by atoms with E-state index >= 15 is 0 Å². The van der Waals surface area contributed by atoms with E-state index in [0.29, 0.717) is 5.56 Å². The predicted octanol–water partition coefficient (Wildman–Crippen LogP) is 1.61. The molecule has 25 heavy (non-hydrogen) atoms. The maximum atomic E-state index is 13.0. The summed E-state index contributed by atoms with van der Waals surface area (Å²) in [6.45, 7) is 0.316. The number of carbonyl (C=O) groups excluding carboxylic acids is 2. The molecule has 0 aliphatic heterocycles. The van der Waals surface area contributed by atoms with Crippen LogP contribution in [0.15, 0.2) is 48.5 Å². The number of amides is 2. The maximum Gasteiger partial charge on any atom is 0.336 e. The van der Waals surface area contributed by atoms with Gasteiger partial charge in [0.1, 0.15) is 5.82 Å². The van der Waals surface area contributed by atoms with E-state index < -0.39 is 17.7 Å². The Hall–Kier alpha value is -3.22. The largest absolute Gasteiger partial charge is 0.478 e. The number of hydrogen-bond acceptors (Lipinski definition) is 3. The molecule has 130 valence electrons. The number of nitrogens with one attached hydrogen (secondary N) is 2. The smallest absolute Gasteiger partial charge is 0.336 e. The minimum atomic E-state index is -1.19. The first-order chi connectivity index (χ1) is 12.0. The summed E-state index contributed by atoms with van der Waals surface area (Å²) in [6.07, 6.45) is 0.0353. The van der Waals surface area contributed by atoms with Crippen molar-refractivity contribution < 1.29 is 23.9 Å². The van der Waals surface area contributed by atoms with E-state index in [1.165, 1.54) is 36.4 Å². The molecule has 0 aromatic heterocycles. The zero-order chi connectivity index (χ0) is 18.2. The highest BCUT2D eigenvalue weighted by Gasteiger charge is 2.15. The molecule has 0 unspecified atom stereocenters. The lowest BCUT2D eigenvalue weighted by Crippen LogP contribution is -2.35. The molecule has 0 radical (unpaired) electrons. The van der Waals surface area contributed by atoms with Crippen molar-refractivity contribution in [2.75, 3.05) is 13.1 Å². The normalized spacial score (nSPS) is 10.1. The van der Waals surface area contributed by atoms with Gasteiger partial charge in [-0.25, -0.2) is 9.18 Å². The van der Waals surface area contributed by atoms with Crippen molar-refractivity contribution in [1.29, 1.82) is 0 Å². The predicted molar refractivity (Wildman–Crippen MR) is 88.8 cm³/mol. The molecule has 0 atom stereocenters. The molecule has 0 fully saturated rings. The van der Waals surface area contributed by atoms with Gasteiger partial charge in [-0.2, -0.15) is 0 Å². The molecule has 0 bridgehead atoms. The number of halogens is 1. The van der Waals surface area contributed by atoms with Gasteiger partial charge in [-0.3, -0.25) is 9.59 Å². The Morgan fingerprint density at radius 3 is 2.28 bits per heavy atom. The summed E-state index contributed by atoms with van der Waals surface area (Å²) in [5.74, 6) is -2.42. The van der Waals surface area contributed by atoms with Gasteiger partial charge in [-0.15, -0.1) is 0 Å². The summed E-state index contributed by atoms with van der Waals surface area (Å²) in [5, 5.41) is 14.2. The zero-order valence-corrected chi connectivity index (χ0v) is 13.3. The average Bonchev–Trinajstić information content (AvgIpc) is 2.58. The third kappa shape index (κ3) is 5.42. The topological polar surface area (TPSA) is 95.5 Å². The van der Waals surface area contributed by atoms with Crippen molar-refractivity contribution in [2.45, 2.75) is 6.42 Å². The van der Waals surface area contributed by atoms with Gasteiger partial charge in [0.15, 0.2) is 0 Å². The van der Waals surface area contributed by atoms with Gasteiger partial charge >= 0.3 is 5.97 Å². The fourth-order valence-electron chi connectivity index (χ4n) is 2.24. The molecule has 2 rings (SSSR count). The first kappa shape index (κ1) is 18.1. The van der Waals surface area contributed by atoms with Crippen molar-refractivity contribution >= 4 is 17.8 Å². The second-order valence-electron chi connectivity index (χ2n) is 5.26. The van der Waals surface area contributed by atoms with E-state index in [9.17, 15) is 18.8 Å². The van der Waals surface area contributed by atoms with Crippen LogP contribution < -0.4 is 10.6 Å². The fourth-order valence-corrected chi connectivity index (χ4v) is 2.24. The van der Waals surface area contributed by atoms with Gasteiger partial charge in [0, 0.05) is 13.1 Å². The first-order valence-electron chi connectivity index (χ1n) is 7.59. The van der Waals surface area contributed by atoms with Crippen LogP contribution in [0.1, 0.15) is 26.3 Å². The Labute approximate surface area is 143 Å². The van der Waals surface area contributed by atoms with E-state index in [1.807, 2.05) is 0 Å². The van der Waals surface area contributed by atoms with Crippen LogP contribution >= 0.6 is 0 Å². The van der Waals surface area contributed by atoms with Crippen molar-refractivity contribution in [3.05, 3.63) is 71.0 Å². The summed E-state index contributed by atoms with van der Waals surface area (Å²) in [6, 6.07) is 11.6. The van der Waals surface area contributed by atoms with E-state index in [-0.39, 0.29) is 36.5 Å². The number of carboxylic acids is 1. The van der Waals surface area contributed by atoms with Crippen LogP contribution in [0, 0.1) is 5.82 Å². The minimum absolute atomic E-state index is 0.0353. The zero-order valence-electron chi connectivity index (χ0n) is 13.3. The quantitative estimate of drug-likeness (QED) is 0.665. The Balaban J connectivity index is 1.78. The molecular formula is C18H17FN2O4. The highest BCUT2D eigenvalue weighted by molar-refractivity contribution is 6.04. The standard InChI is InChI=1S/C18H17FN2O4/c19-13-5-3-4-12(10-13)11-16(22)20-8-9-21-17(23)14-6-1-2-7-15(14)18(24)25/h1-7,10H,8-9,11H2,(H,20,22)(H,21,23)(H,24,25). The summed E-state index contributed by atoms with van der Waals surface area (Å²) >= 11 is 0. The Bertz CT molecular complexity index is 792. The number of rotatable bonds is 7. The van der Waals surface area contributed by atoms with E-state index in [4.69, 9.17) is 5.11 Å². The minimum Gasteiger partial charge on any atom is -0.478 e. The Morgan fingerprint density at radius 2 is 1.60 bits per heavy atom. The number of carbonyl (C=O) groups is 3. The summed E-state index contributed by atoms with van der Waals surface area (Å²) < 4.78 is 13.0. The lowest BCUT2D eigenvalue weighted by atomic mass is 10.1. The summed E-state index contributed by atoms with van der Waals surface area (Å²) in [5.41, 5.74) is 0.521. The molecule has 2 amide bonds. The lowest BCUT2D eigenvalue weighted by molar-refractivity contribution is -0.120. The highest BCUT2D eigenvalue weighted by atomic mass is 19.1. The average molecular weight is 344 g/mol. The molecule has 0 heterocycles. The van der Waals surface area contributed by atoms with E-state index in [1.54, 1.807) is 12.1 Å². The van der Waals surface area contributed by atoms with Crippen LogP contribution in [-0.2, 0) is 11.2 Å². The fraction of sp³-hybridized carbons (Fsp3) is 0.167. The van der Waals surface area contributed by atoms with Gasteiger partial charge in [-0.05, 0) is 29.8 Å². The summed E-state index contributed by atoms with van der Waals surface area (Å²) in [4.78, 5) is 34.9. The molecule has 0 aliphatic carbocycles. The van der Waals surface area contributed by atoms with Gasteiger partial charge in [0.05, 0.1) is 17.5 Å². The van der Waals surface area contributed by atoms with Gasteiger partial charge < -0.3 is 15.7 Å². The second kappa shape index (κ2) is 8.58. The molecule has 0 aliphatic rings. The van der Waals surface area contributed by atoms with Gasteiger partial charge in [0.25, 0.3) is 5.91 Å². The van der Waals surface area contributed by atoms with Crippen LogP contribution in [-0.4, -0.2) is 36.0 Å². The van der Waals surface area contributed by atoms with Crippen LogP contribution in [0.4, 0.5) is 4.39 Å².